The van der Waals surface area contributed by atoms with E-state index in [0.29, 0.717) is 0 Å². The van der Waals surface area contributed by atoms with Gasteiger partial charge in [0.05, 0.1) is 0 Å². The van der Waals surface area contributed by atoms with E-state index in [-0.39, 0.29) is 0 Å². The highest BCUT2D eigenvalue weighted by Crippen LogP contribution is 2.06. The van der Waals surface area contributed by atoms with Crippen molar-refractivity contribution in [3.63, 3.8) is 0 Å². The van der Waals surface area contributed by atoms with Crippen LogP contribution in [0.1, 0.15) is 19.4 Å². The van der Waals surface area contributed by atoms with Crippen LogP contribution in [0.3, 0.4) is 0 Å². The molecule has 14 heavy (non-hydrogen) atoms. The van der Waals surface area contributed by atoms with Gasteiger partial charge in [0.25, 0.3) is 0 Å². The smallest absolute Gasteiger partial charge is 0.125 e. The summed E-state index contributed by atoms with van der Waals surface area (Å²) < 4.78 is 0. The van der Waals surface area contributed by atoms with Crippen molar-refractivity contribution in [3.8, 4) is 0 Å². The van der Waals surface area contributed by atoms with Gasteiger partial charge in [0, 0.05) is 19.3 Å². The Bertz CT molecular complexity index is 256. The molecule has 3 heteroatoms. The average Bonchev–Trinajstić information content (AvgIpc) is 2.21. The minimum Gasteiger partial charge on any atom is -0.370 e. The Morgan fingerprint density at radius 3 is 2.64 bits per heavy atom. The molecule has 0 fully saturated rings. The molecule has 0 saturated carbocycles. The number of hydrogen-bond acceptors (Lipinski definition) is 3. The summed E-state index contributed by atoms with van der Waals surface area (Å²) in [4.78, 5) is 6.57. The van der Waals surface area contributed by atoms with Gasteiger partial charge in [-0.15, -0.1) is 0 Å². The van der Waals surface area contributed by atoms with Crippen LogP contribution < -0.4 is 5.32 Å². The first-order chi connectivity index (χ1) is 6.76. The molecule has 0 aliphatic rings. The first-order valence-corrected chi connectivity index (χ1v) is 5.13. The van der Waals surface area contributed by atoms with Crippen LogP contribution in [0, 0.1) is 0 Å². The first kappa shape index (κ1) is 11.0. The Kier molecular flexibility index (Phi) is 4.40. The predicted octanol–water partition coefficient (Wildman–Crippen LogP) is 1.97. The van der Waals surface area contributed by atoms with Gasteiger partial charge < -0.3 is 10.2 Å². The van der Waals surface area contributed by atoms with Crippen molar-refractivity contribution < 1.29 is 0 Å². The third kappa shape index (κ3) is 3.34. The molecule has 1 rings (SSSR count). The fraction of sp³-hybridized carbons (Fsp3) is 0.545. The molecule has 1 aromatic heterocycles. The van der Waals surface area contributed by atoms with Crippen molar-refractivity contribution >= 4 is 5.82 Å². The molecule has 1 aromatic rings. The molecule has 0 unspecified atom stereocenters. The van der Waals surface area contributed by atoms with Crippen molar-refractivity contribution in [1.29, 1.82) is 0 Å². The molecule has 1 heterocycles. The molecular formula is C11H19N3. The maximum absolute atomic E-state index is 4.32. The Morgan fingerprint density at radius 1 is 1.36 bits per heavy atom. The standard InChI is InChI=1S/C11H19N3/c1-4-12-11-7-6-10(8-13-11)9-14(3)5-2/h6-8H,4-5,9H2,1-3H3,(H,12,13). The van der Waals surface area contributed by atoms with Gasteiger partial charge in [-0.2, -0.15) is 0 Å². The highest BCUT2D eigenvalue weighted by molar-refractivity contribution is 5.35. The molecule has 0 amide bonds. The lowest BCUT2D eigenvalue weighted by molar-refractivity contribution is 0.345. The lowest BCUT2D eigenvalue weighted by atomic mass is 10.2. The number of hydrogen-bond donors (Lipinski definition) is 1. The van der Waals surface area contributed by atoms with Crippen LogP contribution in [-0.4, -0.2) is 30.0 Å². The van der Waals surface area contributed by atoms with Crippen molar-refractivity contribution in [2.45, 2.75) is 20.4 Å². The molecule has 0 aromatic carbocycles. The summed E-state index contributed by atoms with van der Waals surface area (Å²) >= 11 is 0. The van der Waals surface area contributed by atoms with E-state index in [1.807, 2.05) is 12.3 Å². The van der Waals surface area contributed by atoms with Gasteiger partial charge in [-0.1, -0.05) is 13.0 Å². The monoisotopic (exact) mass is 193 g/mol. The van der Waals surface area contributed by atoms with Crippen molar-refractivity contribution in [2.75, 3.05) is 25.5 Å². The van der Waals surface area contributed by atoms with E-state index >= 15 is 0 Å². The van der Waals surface area contributed by atoms with E-state index in [1.54, 1.807) is 0 Å². The third-order valence-corrected chi connectivity index (χ3v) is 2.17. The Labute approximate surface area is 86.2 Å². The summed E-state index contributed by atoms with van der Waals surface area (Å²) in [6.07, 6.45) is 1.93. The zero-order valence-corrected chi connectivity index (χ0v) is 9.25. The quantitative estimate of drug-likeness (QED) is 0.775. The summed E-state index contributed by atoms with van der Waals surface area (Å²) in [7, 11) is 2.11. The van der Waals surface area contributed by atoms with E-state index in [0.717, 1.165) is 25.5 Å². The molecular weight excluding hydrogens is 174 g/mol. The van der Waals surface area contributed by atoms with Gasteiger partial charge in [0.1, 0.15) is 5.82 Å². The minimum absolute atomic E-state index is 0.918. The molecule has 0 bridgehead atoms. The molecule has 3 nitrogen and oxygen atoms in total. The van der Waals surface area contributed by atoms with Crippen LogP contribution >= 0.6 is 0 Å². The predicted molar refractivity (Wildman–Crippen MR) is 60.4 cm³/mol. The van der Waals surface area contributed by atoms with Gasteiger partial charge in [-0.25, -0.2) is 4.98 Å². The van der Waals surface area contributed by atoms with Crippen LogP contribution in [0.4, 0.5) is 5.82 Å². The Hall–Kier alpha value is -1.09. The van der Waals surface area contributed by atoms with Crippen molar-refractivity contribution in [3.05, 3.63) is 23.9 Å². The van der Waals surface area contributed by atoms with E-state index in [1.165, 1.54) is 5.56 Å². The van der Waals surface area contributed by atoms with Crippen LogP contribution in [-0.2, 0) is 6.54 Å². The van der Waals surface area contributed by atoms with E-state index in [2.05, 4.69) is 42.2 Å². The summed E-state index contributed by atoms with van der Waals surface area (Å²) in [5.41, 5.74) is 1.26. The molecule has 1 N–H and O–H groups in total. The lowest BCUT2D eigenvalue weighted by Crippen LogP contribution is -2.16. The van der Waals surface area contributed by atoms with E-state index in [9.17, 15) is 0 Å². The number of rotatable bonds is 5. The SMILES string of the molecule is CCNc1ccc(CN(C)CC)cn1. The summed E-state index contributed by atoms with van der Waals surface area (Å²) in [5, 5.41) is 3.18. The van der Waals surface area contributed by atoms with Crippen LogP contribution in [0.5, 0.6) is 0 Å². The van der Waals surface area contributed by atoms with Gasteiger partial charge in [-0.3, -0.25) is 0 Å². The van der Waals surface area contributed by atoms with E-state index in [4.69, 9.17) is 0 Å². The maximum atomic E-state index is 4.32. The summed E-state index contributed by atoms with van der Waals surface area (Å²) in [6, 6.07) is 4.15. The average molecular weight is 193 g/mol. The fourth-order valence-electron chi connectivity index (χ4n) is 1.23. The normalized spacial score (nSPS) is 10.6. The van der Waals surface area contributed by atoms with Crippen molar-refractivity contribution in [2.24, 2.45) is 0 Å². The van der Waals surface area contributed by atoms with Gasteiger partial charge >= 0.3 is 0 Å². The Balaban J connectivity index is 2.54. The molecule has 78 valence electrons. The van der Waals surface area contributed by atoms with E-state index < -0.39 is 0 Å². The molecule has 0 spiro atoms. The van der Waals surface area contributed by atoms with Gasteiger partial charge in [0.2, 0.25) is 0 Å². The summed E-state index contributed by atoms with van der Waals surface area (Å²) in [6.45, 7) is 7.17. The maximum Gasteiger partial charge on any atom is 0.125 e. The molecule has 0 saturated heterocycles. The van der Waals surface area contributed by atoms with Crippen LogP contribution in [0.15, 0.2) is 18.3 Å². The third-order valence-electron chi connectivity index (χ3n) is 2.17. The van der Waals surface area contributed by atoms with Crippen molar-refractivity contribution in [1.82, 2.24) is 9.88 Å². The molecule has 0 aliphatic carbocycles. The molecule has 0 radical (unpaired) electrons. The minimum atomic E-state index is 0.918. The number of pyridine rings is 1. The largest absolute Gasteiger partial charge is 0.370 e. The van der Waals surface area contributed by atoms with Gasteiger partial charge in [0.15, 0.2) is 0 Å². The zero-order valence-electron chi connectivity index (χ0n) is 9.25. The number of nitrogens with zero attached hydrogens (tertiary/aromatic N) is 2. The van der Waals surface area contributed by atoms with Gasteiger partial charge in [-0.05, 0) is 32.1 Å². The second kappa shape index (κ2) is 5.60. The fourth-order valence-corrected chi connectivity index (χ4v) is 1.23. The van der Waals surface area contributed by atoms with Crippen LogP contribution in [0.25, 0.3) is 0 Å². The number of nitrogens with one attached hydrogen (secondary N) is 1. The topological polar surface area (TPSA) is 28.2 Å². The second-order valence-electron chi connectivity index (χ2n) is 3.41. The number of anilines is 1. The highest BCUT2D eigenvalue weighted by Gasteiger charge is 1.98. The zero-order chi connectivity index (χ0) is 10.4. The first-order valence-electron chi connectivity index (χ1n) is 5.13. The number of aromatic nitrogens is 1. The van der Waals surface area contributed by atoms with Crippen LogP contribution in [0.2, 0.25) is 0 Å². The second-order valence-corrected chi connectivity index (χ2v) is 3.41. The lowest BCUT2D eigenvalue weighted by Gasteiger charge is -2.13. The summed E-state index contributed by atoms with van der Waals surface area (Å²) in [5.74, 6) is 0.954. The molecule has 0 atom stereocenters. The molecule has 0 aliphatic heterocycles. The highest BCUT2D eigenvalue weighted by atomic mass is 15.1. The Morgan fingerprint density at radius 2 is 2.14 bits per heavy atom.